The Balaban J connectivity index is 1.15. The van der Waals surface area contributed by atoms with Crippen molar-refractivity contribution in [1.82, 2.24) is 9.97 Å². The summed E-state index contributed by atoms with van der Waals surface area (Å²) >= 11 is 0. The quantitative estimate of drug-likeness (QED) is 0.0671. The summed E-state index contributed by atoms with van der Waals surface area (Å²) < 4.78 is 0. The lowest BCUT2D eigenvalue weighted by Gasteiger charge is -2.33. The van der Waals surface area contributed by atoms with Gasteiger partial charge in [-0.3, -0.25) is 0 Å². The smallest absolute Gasteiger partial charge is 0.161 e. The number of hydrogen-bond acceptors (Lipinski definition) is 2. The first kappa shape index (κ1) is 49.4. The van der Waals surface area contributed by atoms with E-state index in [2.05, 4.69) is 222 Å². The Morgan fingerprint density at radius 3 is 1.41 bits per heavy atom. The van der Waals surface area contributed by atoms with Gasteiger partial charge in [0.05, 0.1) is 11.4 Å². The maximum Gasteiger partial charge on any atom is 0.161 e. The zero-order chi connectivity index (χ0) is 50.0. The Morgan fingerprint density at radius 1 is 0.301 bits per heavy atom. The molecule has 0 amide bonds. The Kier molecular flexibility index (Phi) is 15.7. The molecule has 0 N–H and O–H groups in total. The molecule has 10 rings (SSSR count). The second kappa shape index (κ2) is 23.2. The van der Waals surface area contributed by atoms with Crippen LogP contribution in [0.1, 0.15) is 126 Å². The molecule has 0 fully saturated rings. The molecule has 0 spiro atoms. The van der Waals surface area contributed by atoms with E-state index in [1.165, 1.54) is 140 Å². The van der Waals surface area contributed by atoms with Crippen molar-refractivity contribution in [2.75, 3.05) is 0 Å². The first-order valence-corrected chi connectivity index (χ1v) is 27.6. The van der Waals surface area contributed by atoms with Crippen molar-refractivity contribution in [3.8, 4) is 89.5 Å². The van der Waals surface area contributed by atoms with Crippen LogP contribution in [-0.4, -0.2) is 9.97 Å². The van der Waals surface area contributed by atoms with Crippen LogP contribution < -0.4 is 0 Å². The largest absolute Gasteiger partial charge is 0.228 e. The topological polar surface area (TPSA) is 25.8 Å². The van der Waals surface area contributed by atoms with Gasteiger partial charge < -0.3 is 0 Å². The van der Waals surface area contributed by atoms with Crippen molar-refractivity contribution in [2.45, 2.75) is 123 Å². The molecule has 0 atom stereocenters. The predicted octanol–water partition coefficient (Wildman–Crippen LogP) is 20.5. The van der Waals surface area contributed by atoms with Gasteiger partial charge in [-0.05, 0) is 118 Å². The fraction of sp³-hybridized carbons (Fsp3) is 0.268. The van der Waals surface area contributed by atoms with Crippen LogP contribution in [0.25, 0.3) is 89.5 Å². The molecule has 2 heteroatoms. The van der Waals surface area contributed by atoms with E-state index >= 15 is 0 Å². The zero-order valence-electron chi connectivity index (χ0n) is 43.8. The van der Waals surface area contributed by atoms with Crippen molar-refractivity contribution in [3.63, 3.8) is 0 Å². The highest BCUT2D eigenvalue weighted by molar-refractivity contribution is 5.89. The molecule has 0 radical (unpaired) electrons. The van der Waals surface area contributed by atoms with Crippen LogP contribution in [0.5, 0.6) is 0 Å². The van der Waals surface area contributed by atoms with Gasteiger partial charge in [0.1, 0.15) is 0 Å². The molecule has 1 aliphatic rings. The average molecular weight is 953 g/mol. The molecule has 0 saturated heterocycles. The highest BCUT2D eigenvalue weighted by Crippen LogP contribution is 2.55. The molecular formula is C71H72N2. The van der Waals surface area contributed by atoms with Crippen LogP contribution in [-0.2, 0) is 5.41 Å². The molecule has 8 aromatic carbocycles. The first-order chi connectivity index (χ1) is 35.9. The Bertz CT molecular complexity index is 3270. The Hall–Kier alpha value is -7.16. The van der Waals surface area contributed by atoms with E-state index < -0.39 is 0 Å². The molecule has 0 unspecified atom stereocenters. The second-order valence-electron chi connectivity index (χ2n) is 20.9. The normalized spacial score (nSPS) is 12.4. The fourth-order valence-electron chi connectivity index (χ4n) is 11.8. The van der Waals surface area contributed by atoms with E-state index in [-0.39, 0.29) is 5.41 Å². The summed E-state index contributed by atoms with van der Waals surface area (Å²) in [6, 6.07) is 71.8. The standard InChI is InChI=1S/C71H72N2/c1-5-7-9-11-13-23-43-71(44-24-14-12-10-8-6-2)66-46-52(4)37-40-63(66)64-42-39-59(49-67(64)71)69-50-68(58-34-26-33-57(47-58)61-36-22-21-35-60(61)56-32-25-27-51(3)45-56)72-70(73-69)65-48-55(53-28-17-15-18-29-53)38-41-62(65)54-30-19-16-20-31-54/h15-22,25-42,45-50H,5-14,23-24,43-44H2,1-4H3. The number of fused-ring (bicyclic) bond motifs is 3. The van der Waals surface area contributed by atoms with E-state index in [4.69, 9.17) is 9.97 Å². The Morgan fingerprint density at radius 2 is 0.767 bits per heavy atom. The van der Waals surface area contributed by atoms with Crippen LogP contribution in [0.3, 0.4) is 0 Å². The minimum Gasteiger partial charge on any atom is -0.228 e. The Labute approximate surface area is 436 Å². The van der Waals surface area contributed by atoms with E-state index in [1.54, 1.807) is 5.56 Å². The van der Waals surface area contributed by atoms with Crippen molar-refractivity contribution in [1.29, 1.82) is 0 Å². The second-order valence-corrected chi connectivity index (χ2v) is 20.9. The van der Waals surface area contributed by atoms with E-state index in [1.807, 2.05) is 0 Å². The third-order valence-corrected chi connectivity index (χ3v) is 15.6. The highest BCUT2D eigenvalue weighted by atomic mass is 14.9. The third-order valence-electron chi connectivity index (χ3n) is 15.6. The fourth-order valence-corrected chi connectivity index (χ4v) is 11.8. The van der Waals surface area contributed by atoms with Gasteiger partial charge in [-0.25, -0.2) is 9.97 Å². The van der Waals surface area contributed by atoms with Gasteiger partial charge in [-0.1, -0.05) is 272 Å². The summed E-state index contributed by atoms with van der Waals surface area (Å²) in [5.74, 6) is 0.722. The number of hydrogen-bond donors (Lipinski definition) is 0. The molecule has 1 heterocycles. The van der Waals surface area contributed by atoms with Crippen molar-refractivity contribution >= 4 is 0 Å². The van der Waals surface area contributed by atoms with E-state index in [0.29, 0.717) is 0 Å². The lowest BCUT2D eigenvalue weighted by molar-refractivity contribution is 0.398. The zero-order valence-corrected chi connectivity index (χ0v) is 43.8. The van der Waals surface area contributed by atoms with Gasteiger partial charge >= 0.3 is 0 Å². The molecule has 73 heavy (non-hydrogen) atoms. The number of unbranched alkanes of at least 4 members (excludes halogenated alkanes) is 10. The molecule has 366 valence electrons. The van der Waals surface area contributed by atoms with E-state index in [9.17, 15) is 0 Å². The first-order valence-electron chi connectivity index (χ1n) is 27.6. The lowest BCUT2D eigenvalue weighted by atomic mass is 9.70. The van der Waals surface area contributed by atoms with Gasteiger partial charge in [-0.2, -0.15) is 0 Å². The summed E-state index contributed by atoms with van der Waals surface area (Å²) in [6.07, 6.45) is 17.9. The van der Waals surface area contributed by atoms with Gasteiger partial charge in [0.25, 0.3) is 0 Å². The van der Waals surface area contributed by atoms with Crippen molar-refractivity contribution in [2.24, 2.45) is 0 Å². The summed E-state index contributed by atoms with van der Waals surface area (Å²) in [7, 11) is 0. The molecule has 9 aromatic rings. The highest BCUT2D eigenvalue weighted by Gasteiger charge is 2.42. The molecule has 0 aliphatic heterocycles. The monoisotopic (exact) mass is 953 g/mol. The maximum absolute atomic E-state index is 5.70. The molecule has 1 aliphatic carbocycles. The summed E-state index contributed by atoms with van der Waals surface area (Å²) in [5, 5.41) is 0. The predicted molar refractivity (Wildman–Crippen MR) is 312 cm³/mol. The molecule has 1 aromatic heterocycles. The number of nitrogens with zero attached hydrogens (tertiary/aromatic N) is 2. The van der Waals surface area contributed by atoms with Gasteiger partial charge in [-0.15, -0.1) is 0 Å². The van der Waals surface area contributed by atoms with Gasteiger partial charge in [0.2, 0.25) is 0 Å². The average Bonchev–Trinajstić information content (AvgIpc) is 3.70. The van der Waals surface area contributed by atoms with Crippen molar-refractivity contribution in [3.05, 3.63) is 216 Å². The van der Waals surface area contributed by atoms with Crippen LogP contribution in [0.4, 0.5) is 0 Å². The molecule has 0 bridgehead atoms. The van der Waals surface area contributed by atoms with Gasteiger partial charge in [0, 0.05) is 22.1 Å². The van der Waals surface area contributed by atoms with E-state index in [0.717, 1.165) is 56.2 Å². The van der Waals surface area contributed by atoms with Crippen LogP contribution >= 0.6 is 0 Å². The lowest BCUT2D eigenvalue weighted by Crippen LogP contribution is -2.25. The third kappa shape index (κ3) is 11.0. The summed E-state index contributed by atoms with van der Waals surface area (Å²) in [4.78, 5) is 11.3. The van der Waals surface area contributed by atoms with Crippen molar-refractivity contribution < 1.29 is 0 Å². The maximum atomic E-state index is 5.70. The van der Waals surface area contributed by atoms with Crippen LogP contribution in [0.15, 0.2) is 194 Å². The van der Waals surface area contributed by atoms with Crippen LogP contribution in [0.2, 0.25) is 0 Å². The van der Waals surface area contributed by atoms with Gasteiger partial charge in [0.15, 0.2) is 5.82 Å². The minimum absolute atomic E-state index is 0.0512. The number of rotatable bonds is 21. The number of benzene rings is 8. The van der Waals surface area contributed by atoms with Crippen LogP contribution in [0, 0.1) is 13.8 Å². The molecule has 0 saturated carbocycles. The molecule has 2 nitrogen and oxygen atoms in total. The summed E-state index contributed by atoms with van der Waals surface area (Å²) in [5.41, 5.74) is 22.8. The number of aromatic nitrogens is 2. The molecular weight excluding hydrogens is 881 g/mol. The number of aryl methyl sites for hydroxylation is 2. The minimum atomic E-state index is -0.0512. The summed E-state index contributed by atoms with van der Waals surface area (Å²) in [6.45, 7) is 9.09. The SMILES string of the molecule is CCCCCCCCC1(CCCCCCCC)c2cc(C)ccc2-c2ccc(-c3cc(-c4cccc(-c5ccccc5-c5cccc(C)c5)c4)nc(-c4cc(-c5ccccc5)ccc4-c4ccccc4)n3)cc21.